The van der Waals surface area contributed by atoms with Crippen LogP contribution in [-0.4, -0.2) is 21.6 Å². The first kappa shape index (κ1) is 13.4. The summed E-state index contributed by atoms with van der Waals surface area (Å²) in [4.78, 5) is 0.329. The van der Waals surface area contributed by atoms with Gasteiger partial charge in [-0.1, -0.05) is 13.8 Å². The average molecular weight is 269 g/mol. The number of nitrogens with one attached hydrogen (secondary N) is 1. The van der Waals surface area contributed by atoms with Gasteiger partial charge in [-0.25, -0.2) is 13.1 Å². The Bertz CT molecular complexity index is 523. The van der Waals surface area contributed by atoms with Crippen molar-refractivity contribution in [3.05, 3.63) is 23.8 Å². The molecule has 0 amide bonds. The molecular formula is C13H19NO3S. The van der Waals surface area contributed by atoms with Crippen LogP contribution in [0.3, 0.4) is 0 Å². The molecule has 0 bridgehead atoms. The zero-order valence-corrected chi connectivity index (χ0v) is 11.6. The maximum atomic E-state index is 12.1. The number of rotatable bonds is 5. The summed E-state index contributed by atoms with van der Waals surface area (Å²) in [5.74, 6) is 1.29. The first-order chi connectivity index (χ1) is 8.49. The molecule has 0 aromatic heterocycles. The molecule has 1 heterocycles. The molecule has 0 spiro atoms. The van der Waals surface area contributed by atoms with Crippen molar-refractivity contribution in [2.24, 2.45) is 5.92 Å². The third-order valence-corrected chi connectivity index (χ3v) is 4.44. The Morgan fingerprint density at radius 3 is 2.89 bits per heavy atom. The minimum absolute atomic E-state index is 0.329. The van der Waals surface area contributed by atoms with Crippen LogP contribution >= 0.6 is 0 Å². The lowest BCUT2D eigenvalue weighted by atomic mass is 10.1. The normalized spacial score (nSPS) is 14.6. The standard InChI is InChI=1S/C13H19NO3S/c1-10(2)5-7-14-18(15,16)12-3-4-13-11(9-12)6-8-17-13/h3-4,9-10,14H,5-8H2,1-2H3. The van der Waals surface area contributed by atoms with E-state index in [4.69, 9.17) is 4.74 Å². The molecule has 0 unspecified atom stereocenters. The van der Waals surface area contributed by atoms with Crippen molar-refractivity contribution in [2.75, 3.05) is 13.2 Å². The Kier molecular flexibility index (Phi) is 3.92. The van der Waals surface area contributed by atoms with Crippen LogP contribution < -0.4 is 9.46 Å². The Labute approximate surface area is 108 Å². The van der Waals surface area contributed by atoms with Gasteiger partial charge in [0, 0.05) is 13.0 Å². The van der Waals surface area contributed by atoms with Gasteiger partial charge < -0.3 is 4.74 Å². The van der Waals surface area contributed by atoms with Crippen molar-refractivity contribution in [3.63, 3.8) is 0 Å². The van der Waals surface area contributed by atoms with Gasteiger partial charge in [0.1, 0.15) is 5.75 Å². The van der Waals surface area contributed by atoms with Crippen LogP contribution in [0.4, 0.5) is 0 Å². The molecule has 100 valence electrons. The van der Waals surface area contributed by atoms with Crippen LogP contribution in [0.2, 0.25) is 0 Å². The number of sulfonamides is 1. The molecule has 1 aromatic rings. The SMILES string of the molecule is CC(C)CCNS(=O)(=O)c1ccc2c(c1)CCO2. The smallest absolute Gasteiger partial charge is 0.240 e. The first-order valence-corrected chi connectivity index (χ1v) is 7.73. The highest BCUT2D eigenvalue weighted by Gasteiger charge is 2.18. The Morgan fingerprint density at radius 2 is 2.17 bits per heavy atom. The van der Waals surface area contributed by atoms with Crippen molar-refractivity contribution >= 4 is 10.0 Å². The lowest BCUT2D eigenvalue weighted by Crippen LogP contribution is -2.25. The molecule has 1 N–H and O–H groups in total. The van der Waals surface area contributed by atoms with E-state index in [9.17, 15) is 8.42 Å². The number of fused-ring (bicyclic) bond motifs is 1. The van der Waals surface area contributed by atoms with E-state index in [1.807, 2.05) is 0 Å². The molecule has 4 nitrogen and oxygen atoms in total. The van der Waals surface area contributed by atoms with Crippen LogP contribution in [-0.2, 0) is 16.4 Å². The van der Waals surface area contributed by atoms with Crippen LogP contribution in [0.25, 0.3) is 0 Å². The van der Waals surface area contributed by atoms with E-state index in [0.717, 1.165) is 24.2 Å². The van der Waals surface area contributed by atoms with Gasteiger partial charge in [-0.05, 0) is 36.1 Å². The van der Waals surface area contributed by atoms with E-state index in [2.05, 4.69) is 18.6 Å². The average Bonchev–Trinajstić information content (AvgIpc) is 2.74. The number of ether oxygens (including phenoxy) is 1. The Balaban J connectivity index is 2.10. The Hall–Kier alpha value is -1.07. The lowest BCUT2D eigenvalue weighted by molar-refractivity contribution is 0.356. The topological polar surface area (TPSA) is 55.4 Å². The summed E-state index contributed by atoms with van der Waals surface area (Å²) in [6.07, 6.45) is 1.62. The maximum absolute atomic E-state index is 12.1. The number of hydrogen-bond acceptors (Lipinski definition) is 3. The van der Waals surface area contributed by atoms with Crippen molar-refractivity contribution < 1.29 is 13.2 Å². The van der Waals surface area contributed by atoms with E-state index in [-0.39, 0.29) is 0 Å². The highest BCUT2D eigenvalue weighted by Crippen LogP contribution is 2.27. The Morgan fingerprint density at radius 1 is 1.39 bits per heavy atom. The first-order valence-electron chi connectivity index (χ1n) is 6.24. The molecule has 1 aliphatic rings. The zero-order chi connectivity index (χ0) is 13.2. The third-order valence-electron chi connectivity index (χ3n) is 2.98. The van der Waals surface area contributed by atoms with Gasteiger partial charge in [-0.2, -0.15) is 0 Å². The highest BCUT2D eigenvalue weighted by atomic mass is 32.2. The molecule has 5 heteroatoms. The van der Waals surface area contributed by atoms with Gasteiger partial charge in [0.2, 0.25) is 10.0 Å². The molecular weight excluding hydrogens is 250 g/mol. The van der Waals surface area contributed by atoms with Crippen molar-refractivity contribution in [1.29, 1.82) is 0 Å². The van der Waals surface area contributed by atoms with Crippen molar-refractivity contribution in [3.8, 4) is 5.75 Å². The van der Waals surface area contributed by atoms with Crippen molar-refractivity contribution in [2.45, 2.75) is 31.6 Å². The van der Waals surface area contributed by atoms with Crippen LogP contribution in [0.15, 0.2) is 23.1 Å². The quantitative estimate of drug-likeness (QED) is 0.889. The molecule has 2 rings (SSSR count). The van der Waals surface area contributed by atoms with Crippen LogP contribution in [0.1, 0.15) is 25.8 Å². The molecule has 1 aliphatic heterocycles. The van der Waals surface area contributed by atoms with Gasteiger partial charge in [0.25, 0.3) is 0 Å². The summed E-state index contributed by atoms with van der Waals surface area (Å²) in [6, 6.07) is 5.04. The molecule has 0 fully saturated rings. The predicted octanol–water partition coefficient (Wildman–Crippen LogP) is 1.95. The molecule has 0 aliphatic carbocycles. The largest absolute Gasteiger partial charge is 0.493 e. The van der Waals surface area contributed by atoms with E-state index in [1.165, 1.54) is 0 Å². The number of hydrogen-bond donors (Lipinski definition) is 1. The molecule has 0 atom stereocenters. The monoisotopic (exact) mass is 269 g/mol. The highest BCUT2D eigenvalue weighted by molar-refractivity contribution is 7.89. The fraction of sp³-hybridized carbons (Fsp3) is 0.538. The summed E-state index contributed by atoms with van der Waals surface area (Å²) in [5.41, 5.74) is 0.974. The summed E-state index contributed by atoms with van der Waals surface area (Å²) < 4.78 is 32.1. The van der Waals surface area contributed by atoms with E-state index in [1.54, 1.807) is 18.2 Å². The fourth-order valence-corrected chi connectivity index (χ4v) is 2.99. The van der Waals surface area contributed by atoms with Gasteiger partial charge in [-0.15, -0.1) is 0 Å². The minimum Gasteiger partial charge on any atom is -0.493 e. The van der Waals surface area contributed by atoms with Gasteiger partial charge in [0.05, 0.1) is 11.5 Å². The molecule has 0 saturated heterocycles. The minimum atomic E-state index is -3.38. The van der Waals surface area contributed by atoms with Crippen molar-refractivity contribution in [1.82, 2.24) is 4.72 Å². The van der Waals surface area contributed by atoms with E-state index in [0.29, 0.717) is 24.0 Å². The second-order valence-electron chi connectivity index (χ2n) is 4.95. The predicted molar refractivity (Wildman–Crippen MR) is 70.3 cm³/mol. The van der Waals surface area contributed by atoms with Crippen LogP contribution in [0.5, 0.6) is 5.75 Å². The third kappa shape index (κ3) is 3.03. The second kappa shape index (κ2) is 5.28. The second-order valence-corrected chi connectivity index (χ2v) is 6.72. The summed E-state index contributed by atoms with van der Waals surface area (Å²) >= 11 is 0. The summed E-state index contributed by atoms with van der Waals surface area (Å²) in [6.45, 7) is 5.26. The molecule has 18 heavy (non-hydrogen) atoms. The molecule has 1 aromatic carbocycles. The lowest BCUT2D eigenvalue weighted by Gasteiger charge is -2.09. The van der Waals surface area contributed by atoms with Crippen LogP contribution in [0, 0.1) is 5.92 Å². The summed E-state index contributed by atoms with van der Waals surface area (Å²) in [5, 5.41) is 0. The van der Waals surface area contributed by atoms with Gasteiger partial charge >= 0.3 is 0 Å². The van der Waals surface area contributed by atoms with Gasteiger partial charge in [-0.3, -0.25) is 0 Å². The summed E-state index contributed by atoms with van der Waals surface area (Å²) in [7, 11) is -3.38. The fourth-order valence-electron chi connectivity index (χ4n) is 1.90. The molecule has 0 saturated carbocycles. The maximum Gasteiger partial charge on any atom is 0.240 e. The van der Waals surface area contributed by atoms with Gasteiger partial charge in [0.15, 0.2) is 0 Å². The molecule has 0 radical (unpaired) electrons. The van der Waals surface area contributed by atoms with E-state index < -0.39 is 10.0 Å². The number of benzene rings is 1. The van der Waals surface area contributed by atoms with E-state index >= 15 is 0 Å². The zero-order valence-electron chi connectivity index (χ0n) is 10.8.